The van der Waals surface area contributed by atoms with Gasteiger partial charge in [0.15, 0.2) is 11.6 Å². The number of hydrogen-bond acceptors (Lipinski definition) is 7. The van der Waals surface area contributed by atoms with E-state index in [9.17, 15) is 4.79 Å². The molecule has 2 fully saturated rings. The van der Waals surface area contributed by atoms with E-state index in [0.29, 0.717) is 22.1 Å². The minimum absolute atomic E-state index is 0.177. The largest absolute Gasteiger partial charge is 0.338 e. The first kappa shape index (κ1) is 13.8. The van der Waals surface area contributed by atoms with Crippen LogP contribution in [0.5, 0.6) is 0 Å². The highest BCUT2D eigenvalue weighted by Gasteiger charge is 2.34. The van der Waals surface area contributed by atoms with Crippen LogP contribution in [0.3, 0.4) is 0 Å². The van der Waals surface area contributed by atoms with Crippen LogP contribution >= 0.6 is 35.3 Å². The van der Waals surface area contributed by atoms with Crippen molar-refractivity contribution in [3.8, 4) is 0 Å². The van der Waals surface area contributed by atoms with E-state index in [-0.39, 0.29) is 17.0 Å². The van der Waals surface area contributed by atoms with Gasteiger partial charge in [0.05, 0.1) is 11.0 Å². The fourth-order valence-electron chi connectivity index (χ4n) is 2.12. The summed E-state index contributed by atoms with van der Waals surface area (Å²) in [5, 5.41) is 5.65. The van der Waals surface area contributed by atoms with E-state index in [0.717, 1.165) is 17.3 Å². The van der Waals surface area contributed by atoms with Gasteiger partial charge in [0.25, 0.3) is 0 Å². The van der Waals surface area contributed by atoms with Crippen molar-refractivity contribution < 1.29 is 9.32 Å². The van der Waals surface area contributed by atoms with Crippen LogP contribution in [-0.4, -0.2) is 43.7 Å². The number of rotatable bonds is 2. The van der Waals surface area contributed by atoms with Crippen LogP contribution in [0.4, 0.5) is 0 Å². The Hall–Kier alpha value is -0.140. The molecule has 0 amide bonds. The lowest BCUT2D eigenvalue weighted by molar-refractivity contribution is -0.117. The average molecular weight is 316 g/mol. The number of carbonyl (C=O) groups is 1. The van der Waals surface area contributed by atoms with Gasteiger partial charge >= 0.3 is 0 Å². The van der Waals surface area contributed by atoms with Crippen molar-refractivity contribution in [3.05, 3.63) is 11.7 Å². The molecule has 0 radical (unpaired) electrons. The first-order valence-electron chi connectivity index (χ1n) is 6.36. The van der Waals surface area contributed by atoms with Gasteiger partial charge in [0.1, 0.15) is 5.92 Å². The van der Waals surface area contributed by atoms with E-state index >= 15 is 0 Å². The van der Waals surface area contributed by atoms with Crippen LogP contribution in [0.1, 0.15) is 36.7 Å². The normalized spacial score (nSPS) is 35.8. The summed E-state index contributed by atoms with van der Waals surface area (Å²) in [5.74, 6) is 3.68. The second-order valence-electron chi connectivity index (χ2n) is 4.89. The van der Waals surface area contributed by atoms with Crippen LogP contribution in [0.15, 0.2) is 4.52 Å². The Balaban J connectivity index is 1.73. The highest BCUT2D eigenvalue weighted by atomic mass is 32.2. The van der Waals surface area contributed by atoms with E-state index in [2.05, 4.69) is 24.0 Å². The van der Waals surface area contributed by atoms with E-state index in [1.807, 2.05) is 23.5 Å². The van der Waals surface area contributed by atoms with Crippen LogP contribution in [0.25, 0.3) is 0 Å². The predicted molar refractivity (Wildman–Crippen MR) is 81.1 cm³/mol. The molecule has 7 heteroatoms. The van der Waals surface area contributed by atoms with E-state index in [1.54, 1.807) is 11.8 Å². The first-order chi connectivity index (χ1) is 9.15. The highest BCUT2D eigenvalue weighted by molar-refractivity contribution is 8.07. The molecule has 4 unspecified atom stereocenters. The standard InChI is InChI=1S/C12H16N2O2S3/c1-6-7(2)19-10(5-18-6)11-13-12(16-14-11)8-3-17-4-9(8)15/h6-8,10H,3-5H2,1-2H3. The van der Waals surface area contributed by atoms with Gasteiger partial charge < -0.3 is 4.52 Å². The molecule has 19 heavy (non-hydrogen) atoms. The van der Waals surface area contributed by atoms with Gasteiger partial charge in [-0.2, -0.15) is 28.5 Å². The van der Waals surface area contributed by atoms with Crippen molar-refractivity contribution >= 4 is 41.1 Å². The van der Waals surface area contributed by atoms with Crippen LogP contribution in [0, 0.1) is 0 Å². The lowest BCUT2D eigenvalue weighted by atomic mass is 10.1. The van der Waals surface area contributed by atoms with E-state index in [4.69, 9.17) is 4.52 Å². The van der Waals surface area contributed by atoms with Crippen molar-refractivity contribution in [2.24, 2.45) is 0 Å². The smallest absolute Gasteiger partial charge is 0.238 e. The van der Waals surface area contributed by atoms with Crippen LogP contribution in [0.2, 0.25) is 0 Å². The molecule has 0 aliphatic carbocycles. The molecule has 0 bridgehead atoms. The van der Waals surface area contributed by atoms with E-state index < -0.39 is 0 Å². The van der Waals surface area contributed by atoms with Crippen LogP contribution < -0.4 is 0 Å². The molecule has 2 aliphatic heterocycles. The summed E-state index contributed by atoms with van der Waals surface area (Å²) >= 11 is 5.51. The molecule has 1 aromatic rings. The Morgan fingerprint density at radius 2 is 2.11 bits per heavy atom. The summed E-state index contributed by atoms with van der Waals surface area (Å²) in [7, 11) is 0. The second kappa shape index (κ2) is 5.69. The Bertz CT molecular complexity index is 479. The zero-order chi connectivity index (χ0) is 13.4. The zero-order valence-electron chi connectivity index (χ0n) is 10.9. The molecule has 4 nitrogen and oxygen atoms in total. The summed E-state index contributed by atoms with van der Waals surface area (Å²) in [6, 6.07) is 0. The molecule has 1 aromatic heterocycles. The molecular weight excluding hydrogens is 300 g/mol. The average Bonchev–Trinajstić information content (AvgIpc) is 3.01. The monoisotopic (exact) mass is 316 g/mol. The van der Waals surface area contributed by atoms with Gasteiger partial charge in [0.2, 0.25) is 5.89 Å². The Labute approximate surface area is 125 Å². The lowest BCUT2D eigenvalue weighted by Gasteiger charge is -2.29. The summed E-state index contributed by atoms with van der Waals surface area (Å²) in [6.07, 6.45) is 0. The van der Waals surface area contributed by atoms with Gasteiger partial charge in [-0.1, -0.05) is 19.0 Å². The van der Waals surface area contributed by atoms with Gasteiger partial charge in [0, 0.05) is 22.0 Å². The van der Waals surface area contributed by atoms with Crippen LogP contribution in [-0.2, 0) is 4.79 Å². The Kier molecular flexibility index (Phi) is 4.14. The third-order valence-electron chi connectivity index (χ3n) is 3.51. The quantitative estimate of drug-likeness (QED) is 0.831. The van der Waals surface area contributed by atoms with Gasteiger partial charge in [-0.15, -0.1) is 11.8 Å². The Morgan fingerprint density at radius 3 is 2.79 bits per heavy atom. The summed E-state index contributed by atoms with van der Waals surface area (Å²) in [5.41, 5.74) is 0. The number of aromatic nitrogens is 2. The highest BCUT2D eigenvalue weighted by Crippen LogP contribution is 2.43. The van der Waals surface area contributed by atoms with Crippen molar-refractivity contribution in [1.29, 1.82) is 0 Å². The Morgan fingerprint density at radius 1 is 1.26 bits per heavy atom. The number of nitrogens with zero attached hydrogens (tertiary/aromatic N) is 2. The SMILES string of the molecule is CC1SCC(c2noc(C3CSCC3=O)n2)SC1C. The van der Waals surface area contributed by atoms with E-state index in [1.165, 1.54) is 0 Å². The van der Waals surface area contributed by atoms with Crippen molar-refractivity contribution in [2.75, 3.05) is 17.3 Å². The first-order valence-corrected chi connectivity index (χ1v) is 9.51. The molecule has 3 heterocycles. The third-order valence-corrected chi connectivity index (χ3v) is 7.96. The zero-order valence-corrected chi connectivity index (χ0v) is 13.3. The maximum atomic E-state index is 11.7. The molecular formula is C12H16N2O2S3. The topological polar surface area (TPSA) is 56.0 Å². The lowest BCUT2D eigenvalue weighted by Crippen LogP contribution is -2.22. The van der Waals surface area contributed by atoms with Crippen molar-refractivity contribution in [1.82, 2.24) is 10.1 Å². The van der Waals surface area contributed by atoms with Crippen molar-refractivity contribution in [3.63, 3.8) is 0 Å². The third kappa shape index (κ3) is 2.83. The van der Waals surface area contributed by atoms with Gasteiger partial charge in [-0.05, 0) is 0 Å². The molecule has 2 aliphatic rings. The number of thioether (sulfide) groups is 3. The molecule has 0 aromatic carbocycles. The second-order valence-corrected chi connectivity index (χ2v) is 8.92. The maximum Gasteiger partial charge on any atom is 0.238 e. The summed E-state index contributed by atoms with van der Waals surface area (Å²) in [6.45, 7) is 4.50. The maximum absolute atomic E-state index is 11.7. The molecule has 2 saturated heterocycles. The molecule has 104 valence electrons. The number of Topliss-reactive ketones (excluding diaryl/α,β-unsaturated/α-hetero) is 1. The minimum Gasteiger partial charge on any atom is -0.338 e. The number of carbonyl (C=O) groups excluding carboxylic acids is 1. The molecule has 0 saturated carbocycles. The fraction of sp³-hybridized carbons (Fsp3) is 0.750. The van der Waals surface area contributed by atoms with Gasteiger partial charge in [-0.3, -0.25) is 4.79 Å². The molecule has 3 rings (SSSR count). The van der Waals surface area contributed by atoms with Gasteiger partial charge in [-0.25, -0.2) is 0 Å². The number of ketones is 1. The number of hydrogen-bond donors (Lipinski definition) is 0. The molecule has 0 N–H and O–H groups in total. The minimum atomic E-state index is -0.177. The molecule has 0 spiro atoms. The molecule has 4 atom stereocenters. The fourth-order valence-corrected chi connectivity index (χ4v) is 6.04. The predicted octanol–water partition coefficient (Wildman–Crippen LogP) is 2.77. The summed E-state index contributed by atoms with van der Waals surface area (Å²) < 4.78 is 5.32. The van der Waals surface area contributed by atoms with Crippen molar-refractivity contribution in [2.45, 2.75) is 35.5 Å². The summed E-state index contributed by atoms with van der Waals surface area (Å²) in [4.78, 5) is 16.2.